The highest BCUT2D eigenvalue weighted by Gasteiger charge is 2.30. The number of phenols is 2. The number of phenolic OH excluding ortho intramolecular Hbond substituents is 2. The Balaban J connectivity index is 2.24. The summed E-state index contributed by atoms with van der Waals surface area (Å²) in [6.45, 7) is 23.6. The highest BCUT2D eigenvalue weighted by molar-refractivity contribution is 5.87. The average molecular weight is 500 g/mol. The molecule has 2 N–H and O–H groups in total. The van der Waals surface area contributed by atoms with Crippen LogP contribution < -0.4 is 0 Å². The highest BCUT2D eigenvalue weighted by Crippen LogP contribution is 2.43. The van der Waals surface area contributed by atoms with Gasteiger partial charge in [0, 0.05) is 28.3 Å². The van der Waals surface area contributed by atoms with Gasteiger partial charge in [-0.2, -0.15) is 0 Å². The van der Waals surface area contributed by atoms with Crippen LogP contribution in [-0.2, 0) is 21.7 Å². The van der Waals surface area contributed by atoms with Gasteiger partial charge < -0.3 is 10.2 Å². The minimum atomic E-state index is -0.414. The van der Waals surface area contributed by atoms with Gasteiger partial charge in [0.1, 0.15) is 17.2 Å². The van der Waals surface area contributed by atoms with Crippen molar-refractivity contribution in [2.75, 3.05) is 0 Å². The van der Waals surface area contributed by atoms with E-state index in [1.807, 2.05) is 30.3 Å². The van der Waals surface area contributed by atoms with Gasteiger partial charge in [-0.05, 0) is 45.1 Å². The third-order valence-electron chi connectivity index (χ3n) is 7.28. The quantitative estimate of drug-likeness (QED) is 0.352. The van der Waals surface area contributed by atoms with Crippen LogP contribution >= 0.6 is 0 Å². The molecule has 0 saturated carbocycles. The van der Waals surface area contributed by atoms with E-state index in [2.05, 4.69) is 100 Å². The summed E-state index contributed by atoms with van der Waals surface area (Å²) in [5.74, 6) is 0.404. The summed E-state index contributed by atoms with van der Waals surface area (Å²) >= 11 is 0. The van der Waals surface area contributed by atoms with Gasteiger partial charge in [0.05, 0.1) is 0 Å². The molecule has 3 aromatic rings. The van der Waals surface area contributed by atoms with E-state index in [0.717, 1.165) is 27.8 Å². The lowest BCUT2D eigenvalue weighted by Gasteiger charge is -2.30. The summed E-state index contributed by atoms with van der Waals surface area (Å²) in [4.78, 5) is 4.77. The van der Waals surface area contributed by atoms with Crippen molar-refractivity contribution in [1.29, 1.82) is 0 Å². The molecule has 0 saturated heterocycles. The van der Waals surface area contributed by atoms with Crippen LogP contribution in [-0.4, -0.2) is 16.4 Å². The van der Waals surface area contributed by atoms with Gasteiger partial charge in [-0.1, -0.05) is 119 Å². The zero-order valence-corrected chi connectivity index (χ0v) is 24.6. The van der Waals surface area contributed by atoms with Crippen LogP contribution in [0.4, 0.5) is 5.69 Å². The number of aromatic hydroxyl groups is 2. The van der Waals surface area contributed by atoms with Gasteiger partial charge in [-0.3, -0.25) is 4.99 Å². The molecule has 37 heavy (non-hydrogen) atoms. The third kappa shape index (κ3) is 6.09. The Morgan fingerprint density at radius 1 is 0.568 bits per heavy atom. The standard InChI is InChI=1S/C34H45NO2/c1-31(2,3)24-17-22(29(36)27(19-24)34(10,11)23-15-13-12-14-16-23)21-35-28-20-25(32(4,5)6)18-26(30(28)37)33(7,8)9/h12-21,36-37H,1-11H3. The second-order valence-corrected chi connectivity index (χ2v) is 13.9. The number of benzene rings is 3. The summed E-state index contributed by atoms with van der Waals surface area (Å²) < 4.78 is 0. The SMILES string of the molecule is CC(C)(C)c1cc(N=Cc2cc(C(C)(C)C)cc(C(C)(C)c3ccccc3)c2O)c(O)c(C(C)(C)C)c1. The van der Waals surface area contributed by atoms with E-state index in [-0.39, 0.29) is 27.7 Å². The Morgan fingerprint density at radius 2 is 1.08 bits per heavy atom. The topological polar surface area (TPSA) is 52.8 Å². The van der Waals surface area contributed by atoms with E-state index < -0.39 is 5.41 Å². The van der Waals surface area contributed by atoms with Gasteiger partial charge in [0.2, 0.25) is 0 Å². The number of rotatable bonds is 4. The average Bonchev–Trinajstić information content (AvgIpc) is 2.77. The fourth-order valence-electron chi connectivity index (χ4n) is 4.54. The maximum absolute atomic E-state index is 11.5. The molecule has 0 amide bonds. The molecule has 3 rings (SSSR count). The number of nitrogens with zero attached hydrogens (tertiary/aromatic N) is 1. The Morgan fingerprint density at radius 3 is 1.59 bits per heavy atom. The van der Waals surface area contributed by atoms with E-state index in [1.165, 1.54) is 0 Å². The summed E-state index contributed by atoms with van der Waals surface area (Å²) in [6, 6.07) is 18.4. The Kier molecular flexibility index (Phi) is 7.45. The predicted octanol–water partition coefficient (Wildman–Crippen LogP) is 9.07. The number of hydrogen-bond acceptors (Lipinski definition) is 3. The van der Waals surface area contributed by atoms with Crippen molar-refractivity contribution in [2.45, 2.75) is 97.8 Å². The van der Waals surface area contributed by atoms with Crippen molar-refractivity contribution >= 4 is 11.9 Å². The molecule has 0 aliphatic carbocycles. The van der Waals surface area contributed by atoms with Crippen molar-refractivity contribution in [3.63, 3.8) is 0 Å². The molecule has 198 valence electrons. The molecule has 0 fully saturated rings. The smallest absolute Gasteiger partial charge is 0.144 e. The van der Waals surface area contributed by atoms with Crippen molar-refractivity contribution in [3.8, 4) is 11.5 Å². The van der Waals surface area contributed by atoms with Gasteiger partial charge in [-0.25, -0.2) is 0 Å². The largest absolute Gasteiger partial charge is 0.507 e. The zero-order chi connectivity index (χ0) is 28.0. The lowest BCUT2D eigenvalue weighted by molar-refractivity contribution is 0.446. The fraction of sp³-hybridized carbons (Fsp3) is 0.441. The minimum Gasteiger partial charge on any atom is -0.507 e. The van der Waals surface area contributed by atoms with E-state index in [1.54, 1.807) is 6.21 Å². The van der Waals surface area contributed by atoms with Gasteiger partial charge in [-0.15, -0.1) is 0 Å². The Bertz CT molecular complexity index is 1290. The molecule has 0 radical (unpaired) electrons. The molecule has 3 heteroatoms. The fourth-order valence-corrected chi connectivity index (χ4v) is 4.54. The molecule has 0 aliphatic rings. The molecular formula is C34H45NO2. The normalized spacial score (nSPS) is 13.4. The molecule has 3 aromatic carbocycles. The lowest BCUT2D eigenvalue weighted by atomic mass is 9.74. The molecule has 0 bridgehead atoms. The van der Waals surface area contributed by atoms with Crippen LogP contribution in [0.3, 0.4) is 0 Å². The molecule has 0 spiro atoms. The lowest BCUT2D eigenvalue weighted by Crippen LogP contribution is -2.21. The van der Waals surface area contributed by atoms with Crippen molar-refractivity contribution < 1.29 is 10.2 Å². The Labute approximate surface area is 224 Å². The van der Waals surface area contributed by atoms with Gasteiger partial charge in [0.25, 0.3) is 0 Å². The minimum absolute atomic E-state index is 0.0981. The first-order valence-corrected chi connectivity index (χ1v) is 13.2. The van der Waals surface area contributed by atoms with Crippen molar-refractivity contribution in [3.05, 3.63) is 88.0 Å². The second-order valence-electron chi connectivity index (χ2n) is 13.9. The van der Waals surface area contributed by atoms with Crippen LogP contribution in [0.25, 0.3) is 0 Å². The monoisotopic (exact) mass is 499 g/mol. The van der Waals surface area contributed by atoms with E-state index in [9.17, 15) is 10.2 Å². The first kappa shape index (κ1) is 28.5. The number of hydrogen-bond donors (Lipinski definition) is 2. The van der Waals surface area contributed by atoms with E-state index in [0.29, 0.717) is 11.3 Å². The molecule has 0 heterocycles. The van der Waals surface area contributed by atoms with E-state index >= 15 is 0 Å². The number of aliphatic imine (C=N–C) groups is 1. The zero-order valence-electron chi connectivity index (χ0n) is 24.6. The van der Waals surface area contributed by atoms with E-state index in [4.69, 9.17) is 4.99 Å². The summed E-state index contributed by atoms with van der Waals surface area (Å²) in [6.07, 6.45) is 1.70. The molecule has 0 aliphatic heterocycles. The van der Waals surface area contributed by atoms with Crippen molar-refractivity contribution in [2.24, 2.45) is 4.99 Å². The second kappa shape index (κ2) is 9.67. The molecule has 0 atom stereocenters. The highest BCUT2D eigenvalue weighted by atomic mass is 16.3. The van der Waals surface area contributed by atoms with Crippen LogP contribution in [0.2, 0.25) is 0 Å². The molecular weight excluding hydrogens is 454 g/mol. The summed E-state index contributed by atoms with van der Waals surface area (Å²) in [5.41, 5.74) is 5.37. The maximum Gasteiger partial charge on any atom is 0.144 e. The predicted molar refractivity (Wildman–Crippen MR) is 158 cm³/mol. The molecule has 0 unspecified atom stereocenters. The maximum atomic E-state index is 11.5. The van der Waals surface area contributed by atoms with Crippen LogP contribution in [0.5, 0.6) is 11.5 Å². The summed E-state index contributed by atoms with van der Waals surface area (Å²) in [7, 11) is 0. The molecule has 0 aromatic heterocycles. The first-order chi connectivity index (χ1) is 16.8. The Hall–Kier alpha value is -3.07. The van der Waals surface area contributed by atoms with Gasteiger partial charge in [0.15, 0.2) is 0 Å². The van der Waals surface area contributed by atoms with Gasteiger partial charge >= 0.3 is 0 Å². The van der Waals surface area contributed by atoms with Crippen molar-refractivity contribution in [1.82, 2.24) is 0 Å². The first-order valence-electron chi connectivity index (χ1n) is 13.2. The van der Waals surface area contributed by atoms with Crippen LogP contribution in [0.1, 0.15) is 110 Å². The molecule has 3 nitrogen and oxygen atoms in total. The third-order valence-corrected chi connectivity index (χ3v) is 7.28. The van der Waals surface area contributed by atoms with Crippen LogP contribution in [0.15, 0.2) is 59.6 Å². The van der Waals surface area contributed by atoms with Crippen LogP contribution in [0, 0.1) is 0 Å². The summed E-state index contributed by atoms with van der Waals surface area (Å²) in [5, 5.41) is 22.7.